The molecule has 1 atom stereocenters. The summed E-state index contributed by atoms with van der Waals surface area (Å²) in [6.45, 7) is 3.30. The van der Waals surface area contributed by atoms with Gasteiger partial charge in [0.25, 0.3) is 0 Å². The van der Waals surface area contributed by atoms with Gasteiger partial charge in [-0.3, -0.25) is 4.79 Å². The van der Waals surface area contributed by atoms with Gasteiger partial charge in [0.2, 0.25) is 5.91 Å². The third kappa shape index (κ3) is 2.46. The van der Waals surface area contributed by atoms with E-state index in [1.165, 1.54) is 11.8 Å². The van der Waals surface area contributed by atoms with Crippen LogP contribution < -0.4 is 0 Å². The number of rotatable bonds is 2. The molecule has 0 aliphatic heterocycles. The summed E-state index contributed by atoms with van der Waals surface area (Å²) in [5.41, 5.74) is 0. The first-order chi connectivity index (χ1) is 4.09. The molecule has 1 amide bonds. The third-order valence-electron chi connectivity index (χ3n) is 1.42. The van der Waals surface area contributed by atoms with Gasteiger partial charge in [0.1, 0.15) is 0 Å². The first-order valence-corrected chi connectivity index (χ1v) is 2.93. The van der Waals surface area contributed by atoms with E-state index in [-0.39, 0.29) is 18.6 Å². The summed E-state index contributed by atoms with van der Waals surface area (Å²) in [6.07, 6.45) is 0. The zero-order chi connectivity index (χ0) is 7.44. The van der Waals surface area contributed by atoms with Gasteiger partial charge in [0.05, 0.1) is 12.6 Å². The molecule has 0 unspecified atom stereocenters. The number of likely N-dealkylation sites (N-methyl/N-ethyl adjacent to an activating group) is 1. The van der Waals surface area contributed by atoms with Crippen molar-refractivity contribution < 1.29 is 9.90 Å². The van der Waals surface area contributed by atoms with Crippen molar-refractivity contribution in [1.29, 1.82) is 0 Å². The lowest BCUT2D eigenvalue weighted by atomic mass is 10.3. The second kappa shape index (κ2) is 3.45. The van der Waals surface area contributed by atoms with Gasteiger partial charge in [-0.1, -0.05) is 0 Å². The van der Waals surface area contributed by atoms with Crippen molar-refractivity contribution in [1.82, 2.24) is 4.90 Å². The lowest BCUT2D eigenvalue weighted by molar-refractivity contribution is -0.130. The van der Waals surface area contributed by atoms with Crippen LogP contribution >= 0.6 is 0 Å². The van der Waals surface area contributed by atoms with Crippen LogP contribution in [0.5, 0.6) is 0 Å². The van der Waals surface area contributed by atoms with Gasteiger partial charge >= 0.3 is 0 Å². The molecule has 0 aromatic rings. The van der Waals surface area contributed by atoms with Crippen molar-refractivity contribution in [2.45, 2.75) is 19.9 Å². The lowest BCUT2D eigenvalue weighted by Gasteiger charge is -2.20. The Labute approximate surface area is 55.3 Å². The number of hydrogen-bond donors (Lipinski definition) is 1. The molecule has 1 N–H and O–H groups in total. The fourth-order valence-corrected chi connectivity index (χ4v) is 0.433. The summed E-state index contributed by atoms with van der Waals surface area (Å²) in [5, 5.41) is 8.56. The molecule has 0 radical (unpaired) electrons. The molecule has 0 heterocycles. The van der Waals surface area contributed by atoms with Crippen LogP contribution in [0.4, 0.5) is 0 Å². The Hall–Kier alpha value is -0.570. The van der Waals surface area contributed by atoms with E-state index in [0.29, 0.717) is 0 Å². The highest BCUT2D eigenvalue weighted by Gasteiger charge is 2.08. The molecule has 0 saturated heterocycles. The monoisotopic (exact) mass is 131 g/mol. The van der Waals surface area contributed by atoms with Crippen molar-refractivity contribution in [3.05, 3.63) is 0 Å². The van der Waals surface area contributed by atoms with E-state index in [0.717, 1.165) is 0 Å². The average molecular weight is 131 g/mol. The molecule has 3 nitrogen and oxygen atoms in total. The van der Waals surface area contributed by atoms with Crippen LogP contribution in [0.2, 0.25) is 0 Å². The summed E-state index contributed by atoms with van der Waals surface area (Å²) in [5.74, 6) is -0.0171. The number of aliphatic hydroxyl groups excluding tert-OH is 1. The van der Waals surface area contributed by atoms with E-state index in [1.54, 1.807) is 14.0 Å². The molecule has 0 aromatic carbocycles. The van der Waals surface area contributed by atoms with E-state index in [4.69, 9.17) is 5.11 Å². The summed E-state index contributed by atoms with van der Waals surface area (Å²) >= 11 is 0. The van der Waals surface area contributed by atoms with Gasteiger partial charge in [0, 0.05) is 14.0 Å². The summed E-state index contributed by atoms with van der Waals surface area (Å²) < 4.78 is 0. The normalized spacial score (nSPS) is 12.9. The Kier molecular flexibility index (Phi) is 3.24. The maximum absolute atomic E-state index is 10.6. The fraction of sp³-hybridized carbons (Fsp3) is 0.833. The first kappa shape index (κ1) is 8.43. The molecule has 54 valence electrons. The minimum atomic E-state index is -0.0671. The standard InChI is InChI=1S/C6H13NO2/c1-5(4-8)7(3)6(2)9/h5,8H,4H2,1-3H3/t5-/m1/s1. The number of aliphatic hydroxyl groups is 1. The van der Waals surface area contributed by atoms with Crippen LogP contribution in [0.15, 0.2) is 0 Å². The maximum Gasteiger partial charge on any atom is 0.219 e. The Morgan fingerprint density at radius 1 is 1.78 bits per heavy atom. The largest absolute Gasteiger partial charge is 0.394 e. The minimum Gasteiger partial charge on any atom is -0.394 e. The van der Waals surface area contributed by atoms with E-state index in [1.807, 2.05) is 0 Å². The van der Waals surface area contributed by atoms with Gasteiger partial charge in [-0.05, 0) is 6.92 Å². The van der Waals surface area contributed by atoms with Crippen LogP contribution in [0.25, 0.3) is 0 Å². The zero-order valence-electron chi connectivity index (χ0n) is 6.09. The Morgan fingerprint density at radius 3 is 2.33 bits per heavy atom. The molecule has 0 fully saturated rings. The molecule has 9 heavy (non-hydrogen) atoms. The molecular formula is C6H13NO2. The molecule has 0 rings (SSSR count). The molecule has 0 aliphatic carbocycles. The highest BCUT2D eigenvalue weighted by atomic mass is 16.3. The van der Waals surface area contributed by atoms with Gasteiger partial charge in [-0.25, -0.2) is 0 Å². The summed E-state index contributed by atoms with van der Waals surface area (Å²) in [7, 11) is 1.67. The lowest BCUT2D eigenvalue weighted by Crippen LogP contribution is -2.35. The second-order valence-corrected chi connectivity index (χ2v) is 2.16. The minimum absolute atomic E-state index is 0.0171. The fourth-order valence-electron chi connectivity index (χ4n) is 0.433. The molecular weight excluding hydrogens is 118 g/mol. The van der Waals surface area contributed by atoms with E-state index in [9.17, 15) is 4.79 Å². The molecule has 3 heteroatoms. The van der Waals surface area contributed by atoms with Gasteiger partial charge in [-0.15, -0.1) is 0 Å². The van der Waals surface area contributed by atoms with Crippen LogP contribution in [0, 0.1) is 0 Å². The Balaban J connectivity index is 3.72. The highest BCUT2D eigenvalue weighted by Crippen LogP contribution is 1.92. The van der Waals surface area contributed by atoms with Crippen LogP contribution in [-0.4, -0.2) is 35.6 Å². The van der Waals surface area contributed by atoms with E-state index < -0.39 is 0 Å². The van der Waals surface area contributed by atoms with Gasteiger partial charge in [0.15, 0.2) is 0 Å². The average Bonchev–Trinajstić information content (AvgIpc) is 1.84. The topological polar surface area (TPSA) is 40.5 Å². The predicted octanol–water partition coefficient (Wildman–Crippen LogP) is -0.155. The number of amides is 1. The summed E-state index contributed by atoms with van der Waals surface area (Å²) in [4.78, 5) is 12.1. The molecule has 0 saturated carbocycles. The Morgan fingerprint density at radius 2 is 2.22 bits per heavy atom. The predicted molar refractivity (Wildman–Crippen MR) is 35.0 cm³/mol. The Bertz CT molecular complexity index is 103. The van der Waals surface area contributed by atoms with Crippen molar-refractivity contribution >= 4 is 5.91 Å². The molecule has 0 aliphatic rings. The van der Waals surface area contributed by atoms with Crippen molar-refractivity contribution in [2.24, 2.45) is 0 Å². The molecule has 0 spiro atoms. The number of hydrogen-bond acceptors (Lipinski definition) is 2. The maximum atomic E-state index is 10.6. The van der Waals surface area contributed by atoms with Crippen LogP contribution in [0.3, 0.4) is 0 Å². The van der Waals surface area contributed by atoms with Crippen LogP contribution in [0.1, 0.15) is 13.8 Å². The van der Waals surface area contributed by atoms with Crippen molar-refractivity contribution in [3.8, 4) is 0 Å². The van der Waals surface area contributed by atoms with Crippen LogP contribution in [-0.2, 0) is 4.79 Å². The third-order valence-corrected chi connectivity index (χ3v) is 1.42. The number of carbonyl (C=O) groups excluding carboxylic acids is 1. The molecule has 0 aromatic heterocycles. The van der Waals surface area contributed by atoms with Crippen molar-refractivity contribution in [2.75, 3.05) is 13.7 Å². The van der Waals surface area contributed by atoms with Gasteiger partial charge < -0.3 is 10.0 Å². The van der Waals surface area contributed by atoms with E-state index in [2.05, 4.69) is 0 Å². The zero-order valence-corrected chi connectivity index (χ0v) is 6.09. The smallest absolute Gasteiger partial charge is 0.219 e. The summed E-state index contributed by atoms with van der Waals surface area (Å²) in [6, 6.07) is -0.0671. The quantitative estimate of drug-likeness (QED) is 0.566. The second-order valence-electron chi connectivity index (χ2n) is 2.16. The van der Waals surface area contributed by atoms with E-state index >= 15 is 0 Å². The number of nitrogens with zero attached hydrogens (tertiary/aromatic N) is 1. The van der Waals surface area contributed by atoms with Crippen molar-refractivity contribution in [3.63, 3.8) is 0 Å². The highest BCUT2D eigenvalue weighted by molar-refractivity contribution is 5.73. The SMILES string of the molecule is CC(=O)N(C)[C@H](C)CO. The molecule has 0 bridgehead atoms. The number of carbonyl (C=O) groups is 1. The van der Waals surface area contributed by atoms with Gasteiger partial charge in [-0.2, -0.15) is 0 Å². The first-order valence-electron chi connectivity index (χ1n) is 2.93.